The Bertz CT molecular complexity index is 1160. The minimum absolute atomic E-state index is 0.0471. The molecule has 5 aliphatic rings. The van der Waals surface area contributed by atoms with Crippen molar-refractivity contribution in [1.82, 2.24) is 0 Å². The van der Waals surface area contributed by atoms with Gasteiger partial charge in [0.1, 0.15) is 6.10 Å². The molecule has 0 bridgehead atoms. The quantitative estimate of drug-likeness (QED) is 0.0452. The first-order chi connectivity index (χ1) is 24.9. The molecule has 0 spiro atoms. The molecule has 5 fully saturated rings. The van der Waals surface area contributed by atoms with Gasteiger partial charge in [0.2, 0.25) is 0 Å². The summed E-state index contributed by atoms with van der Waals surface area (Å²) in [6.45, 7) is 19.1. The SMILES string of the molecule is C=C([CH2][Sn]([CH2]CCC)([CH2]CCC)[CH2]CCC)C(=O)O[C@@H]1CC[C@@]2(C)[C@H](CC[C@@H]3[C@@H]2CC[C@]2(C)[C@@H]([C@H](C)CCC(=O)OC4CCC(I)CC4)CC[C@@H]32)C1. The van der Waals surface area contributed by atoms with Crippen molar-refractivity contribution in [2.45, 2.75) is 210 Å². The molecule has 0 aliphatic heterocycles. The number of hydrogen-bond acceptors (Lipinski definition) is 4. The number of ether oxygens (including phenoxy) is 2. The van der Waals surface area contributed by atoms with Crippen LogP contribution in [0.25, 0.3) is 0 Å². The van der Waals surface area contributed by atoms with Crippen LogP contribution >= 0.6 is 22.6 Å². The Morgan fingerprint density at radius 3 is 2.02 bits per heavy atom. The van der Waals surface area contributed by atoms with Crippen molar-refractivity contribution in [3.63, 3.8) is 0 Å². The maximum absolute atomic E-state index is 13.7. The summed E-state index contributed by atoms with van der Waals surface area (Å²) in [4.78, 5) is 26.5. The third-order valence-electron chi connectivity index (χ3n) is 16.4. The monoisotopic (exact) mass is 942 g/mol. The Balaban J connectivity index is 1.13. The van der Waals surface area contributed by atoms with E-state index in [1.54, 1.807) is 0 Å². The van der Waals surface area contributed by atoms with E-state index in [2.05, 4.69) is 70.7 Å². The van der Waals surface area contributed by atoms with E-state index in [0.717, 1.165) is 69.7 Å². The molecular weight excluding hydrogens is 862 g/mol. The normalized spacial score (nSPS) is 36.6. The van der Waals surface area contributed by atoms with E-state index < -0.39 is 18.4 Å². The Morgan fingerprint density at radius 2 is 1.38 bits per heavy atom. The molecule has 9 atom stereocenters. The number of carbonyl (C=O) groups is 2. The zero-order valence-electron chi connectivity index (χ0n) is 34.6. The van der Waals surface area contributed by atoms with Crippen molar-refractivity contribution in [2.75, 3.05) is 0 Å². The number of hydrogen-bond donors (Lipinski definition) is 0. The first kappa shape index (κ1) is 43.3. The van der Waals surface area contributed by atoms with Crippen molar-refractivity contribution in [2.24, 2.45) is 46.3 Å². The van der Waals surface area contributed by atoms with Crippen LogP contribution in [0.4, 0.5) is 0 Å². The summed E-state index contributed by atoms with van der Waals surface area (Å²) in [5.41, 5.74) is 1.61. The van der Waals surface area contributed by atoms with Gasteiger partial charge in [-0.1, -0.05) is 36.4 Å². The average Bonchev–Trinajstić information content (AvgIpc) is 3.49. The number of rotatable bonds is 18. The molecular formula is C46H79IO4Sn. The summed E-state index contributed by atoms with van der Waals surface area (Å²) in [6, 6.07) is 0. The summed E-state index contributed by atoms with van der Waals surface area (Å²) in [7, 11) is 0. The van der Waals surface area contributed by atoms with Gasteiger partial charge in [0.05, 0.1) is 0 Å². The van der Waals surface area contributed by atoms with Crippen molar-refractivity contribution in [3.05, 3.63) is 12.2 Å². The van der Waals surface area contributed by atoms with E-state index >= 15 is 0 Å². The van der Waals surface area contributed by atoms with Crippen molar-refractivity contribution >= 4 is 52.9 Å². The fourth-order valence-electron chi connectivity index (χ4n) is 13.3. The van der Waals surface area contributed by atoms with Gasteiger partial charge in [0.25, 0.3) is 0 Å². The third kappa shape index (κ3) is 10.2. The topological polar surface area (TPSA) is 52.6 Å². The van der Waals surface area contributed by atoms with Gasteiger partial charge in [-0.3, -0.25) is 4.79 Å². The second kappa shape index (κ2) is 19.6. The van der Waals surface area contributed by atoms with Crippen LogP contribution in [-0.2, 0) is 19.1 Å². The molecule has 5 aliphatic carbocycles. The van der Waals surface area contributed by atoms with E-state index in [1.807, 2.05) is 0 Å². The van der Waals surface area contributed by atoms with E-state index in [4.69, 9.17) is 9.47 Å². The van der Waals surface area contributed by atoms with Crippen LogP contribution in [0.15, 0.2) is 12.2 Å². The van der Waals surface area contributed by atoms with Crippen molar-refractivity contribution in [1.29, 1.82) is 0 Å². The third-order valence-corrected chi connectivity index (χ3v) is 33.1. The number of alkyl halides is 1. The Hall–Kier alpha value is 0.209. The molecule has 52 heavy (non-hydrogen) atoms. The molecule has 0 unspecified atom stereocenters. The molecule has 5 saturated carbocycles. The van der Waals surface area contributed by atoms with Crippen molar-refractivity contribution in [3.8, 4) is 0 Å². The zero-order chi connectivity index (χ0) is 37.5. The van der Waals surface area contributed by atoms with E-state index in [1.165, 1.54) is 110 Å². The van der Waals surface area contributed by atoms with Crippen molar-refractivity contribution < 1.29 is 19.1 Å². The van der Waals surface area contributed by atoms with E-state index in [0.29, 0.717) is 29.1 Å². The molecule has 0 radical (unpaired) electrons. The van der Waals surface area contributed by atoms with Crippen LogP contribution in [0.5, 0.6) is 0 Å². The molecule has 0 aromatic heterocycles. The van der Waals surface area contributed by atoms with Crippen LogP contribution in [0.3, 0.4) is 0 Å². The molecule has 0 aromatic rings. The molecule has 298 valence electrons. The average molecular weight is 942 g/mol. The van der Waals surface area contributed by atoms with Gasteiger partial charge in [-0.25, -0.2) is 0 Å². The van der Waals surface area contributed by atoms with E-state index in [-0.39, 0.29) is 24.1 Å². The molecule has 5 rings (SSSR count). The summed E-state index contributed by atoms with van der Waals surface area (Å²) in [5, 5.41) is 0. The number of esters is 2. The number of carbonyl (C=O) groups excluding carboxylic acids is 2. The molecule has 0 aromatic carbocycles. The second-order valence-electron chi connectivity index (χ2n) is 19.7. The van der Waals surface area contributed by atoms with Gasteiger partial charge in [-0.2, -0.15) is 0 Å². The molecule has 0 heterocycles. The first-order valence-electron chi connectivity index (χ1n) is 22.6. The molecule has 0 saturated heterocycles. The molecule has 0 amide bonds. The van der Waals surface area contributed by atoms with Gasteiger partial charge in [0, 0.05) is 10.3 Å². The second-order valence-corrected chi connectivity index (χ2v) is 35.3. The maximum atomic E-state index is 13.7. The summed E-state index contributed by atoms with van der Waals surface area (Å²) >= 11 is 0.0509. The van der Waals surface area contributed by atoms with Crippen LogP contribution < -0.4 is 0 Å². The van der Waals surface area contributed by atoms with Crippen LogP contribution in [0.2, 0.25) is 17.7 Å². The number of fused-ring (bicyclic) bond motifs is 5. The predicted octanol–water partition coefficient (Wildman–Crippen LogP) is 13.7. The van der Waals surface area contributed by atoms with Crippen LogP contribution in [0.1, 0.15) is 176 Å². The van der Waals surface area contributed by atoms with Crippen LogP contribution in [-0.4, -0.2) is 46.4 Å². The molecule has 4 nitrogen and oxygen atoms in total. The van der Waals surface area contributed by atoms with E-state index in [9.17, 15) is 9.59 Å². The number of unbranched alkanes of at least 4 members (excludes halogenated alkanes) is 3. The molecule has 0 N–H and O–H groups in total. The van der Waals surface area contributed by atoms with Crippen LogP contribution in [0, 0.1) is 46.3 Å². The van der Waals surface area contributed by atoms with Gasteiger partial charge in [-0.05, 0) is 50.4 Å². The Kier molecular flexibility index (Phi) is 16.3. The summed E-state index contributed by atoms with van der Waals surface area (Å²) < 4.78 is 18.4. The van der Waals surface area contributed by atoms with Gasteiger partial charge in [0.15, 0.2) is 0 Å². The fourth-order valence-corrected chi connectivity index (χ4v) is 30.1. The Morgan fingerprint density at radius 1 is 0.769 bits per heavy atom. The van der Waals surface area contributed by atoms with Gasteiger partial charge < -0.3 is 4.74 Å². The fraction of sp³-hybridized carbons (Fsp3) is 0.913. The zero-order valence-corrected chi connectivity index (χ0v) is 39.6. The minimum atomic E-state index is -2.49. The number of halogens is 1. The Labute approximate surface area is 338 Å². The van der Waals surface area contributed by atoms with Gasteiger partial charge in [-0.15, -0.1) is 0 Å². The first-order valence-corrected chi connectivity index (χ1v) is 31.9. The van der Waals surface area contributed by atoms with Gasteiger partial charge >= 0.3 is 228 Å². The molecule has 6 heteroatoms. The summed E-state index contributed by atoms with van der Waals surface area (Å²) in [5.74, 6) is 4.44. The summed E-state index contributed by atoms with van der Waals surface area (Å²) in [6.07, 6.45) is 25.4. The standard InChI is InChI=1S/C34H52IO4.3C4H9.Sn/c1-21(2)32(37)39-26-16-18-33(4)23(20-26)7-12-27-29-14-13-28(34(29,5)19-17-30(27)33)22(3)6-15-31(36)38-25-10-8-24(35)9-11-25;3*1-3-4-2;/h22-30H,1-2,6-20H2,3-5H3;3*1,3-4H2,2H3;/t22-,23-,24?,25?,26-,27+,28-,29+,30+,33+,34-;;;;/m1..../s1. The predicted molar refractivity (Wildman–Crippen MR) is 228 cm³/mol.